The second kappa shape index (κ2) is 7.76. The van der Waals surface area contributed by atoms with Crippen molar-refractivity contribution < 1.29 is 8.42 Å². The van der Waals surface area contributed by atoms with Gasteiger partial charge in [-0.2, -0.15) is 0 Å². The summed E-state index contributed by atoms with van der Waals surface area (Å²) in [5.41, 5.74) is 6.46. The average molecular weight is 402 g/mol. The van der Waals surface area contributed by atoms with Crippen LogP contribution in [0.15, 0.2) is 29.2 Å². The fourth-order valence-electron chi connectivity index (χ4n) is 3.95. The number of likely N-dealkylation sites (N-methyl/N-ethyl adjacent to an activating group) is 1. The maximum Gasteiger partial charge on any atom is 0.262 e. The predicted octanol–water partition coefficient (Wildman–Crippen LogP) is 3.78. The molecule has 0 amide bonds. The Balaban J connectivity index is 2.01. The molecule has 0 unspecified atom stereocenters. The van der Waals surface area contributed by atoms with Crippen LogP contribution in [0.3, 0.4) is 0 Å². The number of piperazine rings is 1. The minimum Gasteiger partial charge on any atom is -0.367 e. The van der Waals surface area contributed by atoms with E-state index in [2.05, 4.69) is 28.5 Å². The maximum absolute atomic E-state index is 13.4. The first-order chi connectivity index (χ1) is 13.1. The summed E-state index contributed by atoms with van der Waals surface area (Å²) in [6, 6.07) is 7.68. The molecule has 152 valence electrons. The van der Waals surface area contributed by atoms with Crippen molar-refractivity contribution in [1.82, 2.24) is 4.90 Å². The highest BCUT2D eigenvalue weighted by Gasteiger charge is 2.25. The van der Waals surface area contributed by atoms with Gasteiger partial charge in [-0.3, -0.25) is 4.72 Å². The molecule has 1 aliphatic rings. The molecule has 0 spiro atoms. The number of sulfonamides is 1. The van der Waals surface area contributed by atoms with Crippen LogP contribution in [0.1, 0.15) is 27.8 Å². The minimum absolute atomic E-state index is 0.404. The Bertz CT molecular complexity index is 962. The summed E-state index contributed by atoms with van der Waals surface area (Å²) in [6.45, 7) is 13.5. The molecule has 0 saturated carbocycles. The van der Waals surface area contributed by atoms with Crippen LogP contribution in [-0.4, -0.2) is 46.5 Å². The van der Waals surface area contributed by atoms with E-state index in [0.717, 1.165) is 59.7 Å². The molecule has 3 rings (SSSR count). The Labute approximate surface area is 169 Å². The number of para-hydroxylation sites is 2. The molecule has 1 saturated heterocycles. The van der Waals surface area contributed by atoms with Crippen molar-refractivity contribution in [2.75, 3.05) is 42.8 Å². The van der Waals surface area contributed by atoms with Gasteiger partial charge in [0.05, 0.1) is 16.3 Å². The number of nitrogens with zero attached hydrogens (tertiary/aromatic N) is 2. The topological polar surface area (TPSA) is 52.7 Å². The molecule has 0 atom stereocenters. The Morgan fingerprint density at radius 2 is 1.29 bits per heavy atom. The van der Waals surface area contributed by atoms with E-state index in [1.165, 1.54) is 0 Å². The predicted molar refractivity (Wildman–Crippen MR) is 117 cm³/mol. The van der Waals surface area contributed by atoms with E-state index in [0.29, 0.717) is 10.6 Å². The maximum atomic E-state index is 13.4. The van der Waals surface area contributed by atoms with Gasteiger partial charge in [-0.05, 0) is 81.6 Å². The number of benzene rings is 2. The Hall–Kier alpha value is -2.05. The van der Waals surface area contributed by atoms with Crippen molar-refractivity contribution in [3.05, 3.63) is 52.1 Å². The lowest BCUT2D eigenvalue weighted by atomic mass is 9.95. The molecule has 1 N–H and O–H groups in total. The van der Waals surface area contributed by atoms with Gasteiger partial charge in [0, 0.05) is 26.2 Å². The van der Waals surface area contributed by atoms with Gasteiger partial charge in [-0.15, -0.1) is 0 Å². The molecule has 1 aliphatic heterocycles. The quantitative estimate of drug-likeness (QED) is 0.847. The zero-order valence-electron chi connectivity index (χ0n) is 17.8. The third-order valence-electron chi connectivity index (χ3n) is 6.19. The molecule has 1 fully saturated rings. The molecule has 1 heterocycles. The van der Waals surface area contributed by atoms with Gasteiger partial charge in [-0.25, -0.2) is 8.42 Å². The second-order valence-electron chi connectivity index (χ2n) is 7.87. The standard InChI is InChI=1S/C22H31N3O2S/c1-15-16(2)18(4)22(19(5)17(15)3)28(26,27)23-20-9-7-8-10-21(20)25-13-11-24(6)12-14-25/h7-10,23H,11-14H2,1-6H3. The Kier molecular flexibility index (Phi) is 5.73. The molecule has 2 aromatic rings. The Morgan fingerprint density at radius 3 is 1.86 bits per heavy atom. The molecule has 28 heavy (non-hydrogen) atoms. The number of nitrogens with one attached hydrogen (secondary N) is 1. The molecule has 0 radical (unpaired) electrons. The van der Waals surface area contributed by atoms with Gasteiger partial charge in [0.15, 0.2) is 0 Å². The van der Waals surface area contributed by atoms with Crippen LogP contribution in [0.5, 0.6) is 0 Å². The zero-order chi connectivity index (χ0) is 20.6. The summed E-state index contributed by atoms with van der Waals surface area (Å²) in [7, 11) is -1.58. The number of hydrogen-bond donors (Lipinski definition) is 1. The lowest BCUT2D eigenvalue weighted by Gasteiger charge is -2.35. The molecule has 0 aliphatic carbocycles. The summed E-state index contributed by atoms with van der Waals surface area (Å²) in [5.74, 6) is 0. The SMILES string of the molecule is Cc1c(C)c(C)c(S(=O)(=O)Nc2ccccc2N2CCN(C)CC2)c(C)c1C. The van der Waals surface area contributed by atoms with Crippen molar-refractivity contribution in [2.45, 2.75) is 39.5 Å². The lowest BCUT2D eigenvalue weighted by Crippen LogP contribution is -2.44. The van der Waals surface area contributed by atoms with Crippen molar-refractivity contribution in [3.8, 4) is 0 Å². The van der Waals surface area contributed by atoms with E-state index in [1.807, 2.05) is 52.0 Å². The molecular formula is C22H31N3O2S. The van der Waals surface area contributed by atoms with Gasteiger partial charge >= 0.3 is 0 Å². The highest BCUT2D eigenvalue weighted by molar-refractivity contribution is 7.92. The molecule has 0 aromatic heterocycles. The summed E-state index contributed by atoms with van der Waals surface area (Å²) in [4.78, 5) is 4.94. The van der Waals surface area contributed by atoms with Crippen LogP contribution in [0, 0.1) is 34.6 Å². The van der Waals surface area contributed by atoms with Crippen LogP contribution in [-0.2, 0) is 10.0 Å². The van der Waals surface area contributed by atoms with Crippen LogP contribution in [0.4, 0.5) is 11.4 Å². The number of hydrogen-bond acceptors (Lipinski definition) is 4. The second-order valence-corrected chi connectivity index (χ2v) is 9.49. The van der Waals surface area contributed by atoms with Crippen LogP contribution in [0.25, 0.3) is 0 Å². The normalized spacial score (nSPS) is 15.7. The van der Waals surface area contributed by atoms with Crippen molar-refractivity contribution in [3.63, 3.8) is 0 Å². The third-order valence-corrected chi connectivity index (χ3v) is 7.83. The Morgan fingerprint density at radius 1 is 0.786 bits per heavy atom. The van der Waals surface area contributed by atoms with Gasteiger partial charge in [0.1, 0.15) is 0 Å². The third kappa shape index (κ3) is 3.76. The van der Waals surface area contributed by atoms with E-state index in [4.69, 9.17) is 0 Å². The van der Waals surface area contributed by atoms with E-state index in [-0.39, 0.29) is 0 Å². The molecule has 2 aromatic carbocycles. The van der Waals surface area contributed by atoms with Gasteiger partial charge in [0.2, 0.25) is 0 Å². The van der Waals surface area contributed by atoms with Crippen molar-refractivity contribution in [1.29, 1.82) is 0 Å². The molecule has 6 heteroatoms. The van der Waals surface area contributed by atoms with Gasteiger partial charge < -0.3 is 9.80 Å². The highest BCUT2D eigenvalue weighted by atomic mass is 32.2. The van der Waals surface area contributed by atoms with Crippen LogP contribution >= 0.6 is 0 Å². The average Bonchev–Trinajstić information content (AvgIpc) is 2.65. The minimum atomic E-state index is -3.70. The van der Waals surface area contributed by atoms with Gasteiger partial charge in [0.25, 0.3) is 10.0 Å². The molecular weight excluding hydrogens is 370 g/mol. The fraction of sp³-hybridized carbons (Fsp3) is 0.455. The smallest absolute Gasteiger partial charge is 0.262 e. The number of rotatable bonds is 4. The zero-order valence-corrected chi connectivity index (χ0v) is 18.6. The molecule has 0 bridgehead atoms. The summed E-state index contributed by atoms with van der Waals surface area (Å²) < 4.78 is 29.7. The summed E-state index contributed by atoms with van der Waals surface area (Å²) in [6.07, 6.45) is 0. The van der Waals surface area contributed by atoms with E-state index >= 15 is 0 Å². The van der Waals surface area contributed by atoms with Crippen LogP contribution in [0.2, 0.25) is 0 Å². The van der Waals surface area contributed by atoms with Gasteiger partial charge in [-0.1, -0.05) is 12.1 Å². The monoisotopic (exact) mass is 401 g/mol. The van der Waals surface area contributed by atoms with Crippen molar-refractivity contribution >= 4 is 21.4 Å². The first-order valence-corrected chi connectivity index (χ1v) is 11.2. The first-order valence-electron chi connectivity index (χ1n) is 9.75. The number of anilines is 2. The molecule has 5 nitrogen and oxygen atoms in total. The van der Waals surface area contributed by atoms with Crippen molar-refractivity contribution in [2.24, 2.45) is 0 Å². The highest BCUT2D eigenvalue weighted by Crippen LogP contribution is 2.33. The summed E-state index contributed by atoms with van der Waals surface area (Å²) >= 11 is 0. The van der Waals surface area contributed by atoms with E-state index in [9.17, 15) is 8.42 Å². The van der Waals surface area contributed by atoms with Crippen LogP contribution < -0.4 is 9.62 Å². The van der Waals surface area contributed by atoms with E-state index in [1.54, 1.807) is 0 Å². The fourth-order valence-corrected chi connectivity index (χ4v) is 5.62. The first kappa shape index (κ1) is 20.7. The summed E-state index contributed by atoms with van der Waals surface area (Å²) in [5, 5.41) is 0. The largest absolute Gasteiger partial charge is 0.367 e. The lowest BCUT2D eigenvalue weighted by molar-refractivity contribution is 0.313. The van der Waals surface area contributed by atoms with E-state index < -0.39 is 10.0 Å².